The molecule has 11 heteroatoms. The zero-order chi connectivity index (χ0) is 21.6. The van der Waals surface area contributed by atoms with Crippen molar-refractivity contribution in [2.45, 2.75) is 25.8 Å². The maximum absolute atomic E-state index is 12.8. The molecule has 1 aliphatic heterocycles. The Morgan fingerprint density at radius 3 is 2.66 bits per heavy atom. The molecule has 1 atom stereocenters. The van der Waals surface area contributed by atoms with Crippen molar-refractivity contribution < 1.29 is 23.9 Å². The minimum atomic E-state index is -1.46. The summed E-state index contributed by atoms with van der Waals surface area (Å²) in [5, 5.41) is 7.68. The van der Waals surface area contributed by atoms with Crippen molar-refractivity contribution in [2.24, 2.45) is 0 Å². The van der Waals surface area contributed by atoms with Crippen LogP contribution in [-0.2, 0) is 19.9 Å². The molecular weight excluding hydrogens is 423 g/mol. The fraction of sp³-hybridized carbons (Fsp3) is 0.444. The summed E-state index contributed by atoms with van der Waals surface area (Å²) in [7, 11) is 0. The van der Waals surface area contributed by atoms with Crippen LogP contribution >= 0.6 is 23.2 Å². The molecule has 6 amide bonds. The summed E-state index contributed by atoms with van der Waals surface area (Å²) >= 11 is 12.0. The molecule has 1 heterocycles. The lowest BCUT2D eigenvalue weighted by atomic mass is 9.92. The van der Waals surface area contributed by atoms with Gasteiger partial charge in [-0.15, -0.1) is 0 Å². The van der Waals surface area contributed by atoms with Crippen molar-refractivity contribution in [1.82, 2.24) is 20.9 Å². The zero-order valence-electron chi connectivity index (χ0n) is 16.0. The van der Waals surface area contributed by atoms with Crippen molar-refractivity contribution >= 4 is 47.1 Å². The van der Waals surface area contributed by atoms with E-state index >= 15 is 0 Å². The Morgan fingerprint density at radius 2 is 2.00 bits per heavy atom. The Morgan fingerprint density at radius 1 is 1.28 bits per heavy atom. The van der Waals surface area contributed by atoms with E-state index in [9.17, 15) is 19.2 Å². The highest BCUT2D eigenvalue weighted by molar-refractivity contribution is 6.35. The normalized spacial score (nSPS) is 18.6. The molecule has 0 spiro atoms. The molecule has 1 saturated heterocycles. The Hall–Kier alpha value is -2.36. The number of rotatable bonds is 8. The molecule has 9 nitrogen and oxygen atoms in total. The minimum Gasteiger partial charge on any atom is -0.382 e. The van der Waals surface area contributed by atoms with Crippen LogP contribution in [0.4, 0.5) is 9.59 Å². The van der Waals surface area contributed by atoms with Crippen molar-refractivity contribution in [3.05, 3.63) is 33.8 Å². The van der Waals surface area contributed by atoms with Gasteiger partial charge in [0.25, 0.3) is 5.91 Å². The van der Waals surface area contributed by atoms with Crippen LogP contribution in [0, 0.1) is 0 Å². The summed E-state index contributed by atoms with van der Waals surface area (Å²) in [6.07, 6.45) is 0.586. The number of nitrogens with one attached hydrogen (secondary N) is 3. The quantitative estimate of drug-likeness (QED) is 0.418. The second kappa shape index (κ2) is 9.91. The first kappa shape index (κ1) is 22.9. The SMILES string of the molecule is CCOCCCNC(=O)NC(=O)CN1C(=O)NC(C)(c2ccc(Cl)cc2Cl)C1=O. The third-order valence-corrected chi connectivity index (χ3v) is 4.80. The van der Waals surface area contributed by atoms with Gasteiger partial charge in [0.2, 0.25) is 5.91 Å². The average Bonchev–Trinajstić information content (AvgIpc) is 2.85. The molecule has 0 saturated carbocycles. The van der Waals surface area contributed by atoms with Crippen LogP contribution < -0.4 is 16.0 Å². The summed E-state index contributed by atoms with van der Waals surface area (Å²) in [4.78, 5) is 49.6. The number of halogens is 2. The Balaban J connectivity index is 1.96. The lowest BCUT2D eigenvalue weighted by Crippen LogP contribution is -2.47. The second-order valence-electron chi connectivity index (χ2n) is 6.43. The third-order valence-electron chi connectivity index (χ3n) is 4.25. The topological polar surface area (TPSA) is 117 Å². The molecule has 0 radical (unpaired) electrons. The van der Waals surface area contributed by atoms with E-state index in [1.165, 1.54) is 19.1 Å². The smallest absolute Gasteiger partial charge is 0.325 e. The van der Waals surface area contributed by atoms with Gasteiger partial charge in [0, 0.05) is 35.4 Å². The number of hydrogen-bond acceptors (Lipinski definition) is 5. The number of carbonyl (C=O) groups excluding carboxylic acids is 4. The van der Waals surface area contributed by atoms with Gasteiger partial charge in [0.05, 0.1) is 0 Å². The van der Waals surface area contributed by atoms with E-state index in [1.54, 1.807) is 6.07 Å². The van der Waals surface area contributed by atoms with Crippen LogP contribution in [-0.4, -0.2) is 55.1 Å². The summed E-state index contributed by atoms with van der Waals surface area (Å²) < 4.78 is 5.14. The highest BCUT2D eigenvalue weighted by atomic mass is 35.5. The van der Waals surface area contributed by atoms with Gasteiger partial charge in [-0.25, -0.2) is 9.59 Å². The van der Waals surface area contributed by atoms with E-state index in [4.69, 9.17) is 27.9 Å². The molecule has 1 aromatic carbocycles. The van der Waals surface area contributed by atoms with Gasteiger partial charge in [-0.2, -0.15) is 0 Å². The average molecular weight is 445 g/mol. The largest absolute Gasteiger partial charge is 0.382 e. The van der Waals surface area contributed by atoms with Crippen LogP contribution in [0.3, 0.4) is 0 Å². The van der Waals surface area contributed by atoms with E-state index in [0.717, 1.165) is 4.90 Å². The minimum absolute atomic E-state index is 0.200. The van der Waals surface area contributed by atoms with Crippen molar-refractivity contribution in [2.75, 3.05) is 26.3 Å². The molecule has 0 aliphatic carbocycles. The number of nitrogens with zero attached hydrogens (tertiary/aromatic N) is 1. The number of imide groups is 2. The maximum atomic E-state index is 12.8. The van der Waals surface area contributed by atoms with Crippen molar-refractivity contribution in [3.8, 4) is 0 Å². The molecule has 158 valence electrons. The number of ether oxygens (including phenoxy) is 1. The maximum Gasteiger partial charge on any atom is 0.325 e. The number of amides is 6. The number of hydrogen-bond donors (Lipinski definition) is 3. The Bertz CT molecular complexity index is 819. The van der Waals surface area contributed by atoms with Gasteiger partial charge >= 0.3 is 12.1 Å². The number of benzene rings is 1. The lowest BCUT2D eigenvalue weighted by Gasteiger charge is -2.23. The first-order chi connectivity index (χ1) is 13.7. The van der Waals surface area contributed by atoms with E-state index in [0.29, 0.717) is 36.8 Å². The lowest BCUT2D eigenvalue weighted by molar-refractivity contribution is -0.134. The zero-order valence-corrected chi connectivity index (χ0v) is 17.5. The molecule has 3 N–H and O–H groups in total. The Labute approximate surface area is 178 Å². The van der Waals surface area contributed by atoms with Gasteiger partial charge in [-0.05, 0) is 32.4 Å². The highest BCUT2D eigenvalue weighted by Crippen LogP contribution is 2.34. The van der Waals surface area contributed by atoms with Crippen LogP contribution in [0.25, 0.3) is 0 Å². The predicted octanol–water partition coefficient (Wildman–Crippen LogP) is 2.01. The molecule has 1 aliphatic rings. The molecule has 0 aromatic heterocycles. The predicted molar refractivity (Wildman–Crippen MR) is 107 cm³/mol. The standard InChI is InChI=1S/C18H22Cl2N4O5/c1-3-29-8-4-7-21-16(27)22-14(25)10-24-15(26)18(2,23-17(24)28)12-6-5-11(19)9-13(12)20/h5-6,9H,3-4,7-8,10H2,1-2H3,(H,23,28)(H2,21,22,25,27). The van der Waals surface area contributed by atoms with Gasteiger partial charge in [0.15, 0.2) is 0 Å². The van der Waals surface area contributed by atoms with E-state index in [2.05, 4.69) is 16.0 Å². The fourth-order valence-corrected chi connectivity index (χ4v) is 3.39. The van der Waals surface area contributed by atoms with Gasteiger partial charge in [0.1, 0.15) is 12.1 Å². The first-order valence-electron chi connectivity index (χ1n) is 8.94. The highest BCUT2D eigenvalue weighted by Gasteiger charge is 2.50. The molecule has 0 bridgehead atoms. The summed E-state index contributed by atoms with van der Waals surface area (Å²) in [6, 6.07) is 3.03. The molecule has 1 unspecified atom stereocenters. The second-order valence-corrected chi connectivity index (χ2v) is 7.27. The fourth-order valence-electron chi connectivity index (χ4n) is 2.79. The first-order valence-corrected chi connectivity index (χ1v) is 9.69. The van der Waals surface area contributed by atoms with Gasteiger partial charge < -0.3 is 15.4 Å². The summed E-state index contributed by atoms with van der Waals surface area (Å²) in [6.45, 7) is 4.11. The van der Waals surface area contributed by atoms with Crippen LogP contribution in [0.5, 0.6) is 0 Å². The number of carbonyl (C=O) groups is 4. The van der Waals surface area contributed by atoms with E-state index in [-0.39, 0.29) is 5.02 Å². The molecule has 2 rings (SSSR count). The van der Waals surface area contributed by atoms with Crippen LogP contribution in [0.1, 0.15) is 25.8 Å². The van der Waals surface area contributed by atoms with Crippen molar-refractivity contribution in [3.63, 3.8) is 0 Å². The number of urea groups is 2. The monoisotopic (exact) mass is 444 g/mol. The van der Waals surface area contributed by atoms with Gasteiger partial charge in [-0.3, -0.25) is 19.8 Å². The summed E-state index contributed by atoms with van der Waals surface area (Å²) in [5.41, 5.74) is -1.11. The molecule has 1 aromatic rings. The molecule has 29 heavy (non-hydrogen) atoms. The van der Waals surface area contributed by atoms with E-state index in [1.807, 2.05) is 6.92 Å². The summed E-state index contributed by atoms with van der Waals surface area (Å²) in [5.74, 6) is -1.47. The Kier molecular flexibility index (Phi) is 7.83. The van der Waals surface area contributed by atoms with Crippen LogP contribution in [0.2, 0.25) is 10.0 Å². The molecule has 1 fully saturated rings. The van der Waals surface area contributed by atoms with Crippen molar-refractivity contribution in [1.29, 1.82) is 0 Å². The third kappa shape index (κ3) is 5.59. The van der Waals surface area contributed by atoms with Gasteiger partial charge in [-0.1, -0.05) is 29.3 Å². The van der Waals surface area contributed by atoms with Crippen LogP contribution in [0.15, 0.2) is 18.2 Å². The molecular formula is C18H22Cl2N4O5. The van der Waals surface area contributed by atoms with E-state index < -0.39 is 36.0 Å².